The molecule has 3 N–H and O–H groups in total. The summed E-state index contributed by atoms with van der Waals surface area (Å²) in [7, 11) is 0. The third-order valence-electron chi connectivity index (χ3n) is 1.07. The van der Waals surface area contributed by atoms with Crippen LogP contribution in [-0.2, 0) is 4.79 Å². The van der Waals surface area contributed by atoms with Crippen LogP contribution in [-0.4, -0.2) is 27.6 Å². The van der Waals surface area contributed by atoms with Crippen molar-refractivity contribution in [2.75, 3.05) is 0 Å². The SMILES string of the molecule is CC(=O)O.CCCCCC(O)O. The molecule has 0 aliphatic heterocycles. The zero-order valence-corrected chi connectivity index (χ0v) is 7.66. The molecule has 0 unspecified atom stereocenters. The second-order valence-electron chi connectivity index (χ2n) is 2.50. The van der Waals surface area contributed by atoms with Crippen molar-refractivity contribution in [2.24, 2.45) is 0 Å². The molecule has 0 radical (unpaired) electrons. The summed E-state index contributed by atoms with van der Waals surface area (Å²) >= 11 is 0. The highest BCUT2D eigenvalue weighted by Gasteiger charge is 1.93. The van der Waals surface area contributed by atoms with Crippen LogP contribution in [0.25, 0.3) is 0 Å². The lowest BCUT2D eigenvalue weighted by atomic mass is 10.2. The molecule has 0 amide bonds. The number of aliphatic hydroxyl groups is 2. The molecular weight excluding hydrogens is 160 g/mol. The number of hydrogen-bond acceptors (Lipinski definition) is 3. The summed E-state index contributed by atoms with van der Waals surface area (Å²) in [5.41, 5.74) is 0. The minimum Gasteiger partial charge on any atom is -0.481 e. The van der Waals surface area contributed by atoms with Gasteiger partial charge >= 0.3 is 0 Å². The number of carbonyl (C=O) groups is 1. The Morgan fingerprint density at radius 1 is 1.33 bits per heavy atom. The normalized spacial score (nSPS) is 9.08. The van der Waals surface area contributed by atoms with E-state index in [9.17, 15) is 0 Å². The quantitative estimate of drug-likeness (QED) is 0.442. The molecule has 0 fully saturated rings. The predicted octanol–water partition coefficient (Wildman–Crippen LogP) is 0.968. The average Bonchev–Trinajstić information content (AvgIpc) is 1.86. The molecule has 12 heavy (non-hydrogen) atoms. The lowest BCUT2D eigenvalue weighted by Crippen LogP contribution is -2.02. The molecule has 4 heteroatoms. The van der Waals surface area contributed by atoms with Crippen molar-refractivity contribution >= 4 is 5.97 Å². The number of carboxylic acids is 1. The largest absolute Gasteiger partial charge is 0.481 e. The Morgan fingerprint density at radius 2 is 1.75 bits per heavy atom. The van der Waals surface area contributed by atoms with Crippen molar-refractivity contribution in [3.63, 3.8) is 0 Å². The van der Waals surface area contributed by atoms with Crippen molar-refractivity contribution in [1.29, 1.82) is 0 Å². The Kier molecular flexibility index (Phi) is 12.1. The van der Waals surface area contributed by atoms with Crippen LogP contribution in [0.15, 0.2) is 0 Å². The first kappa shape index (κ1) is 13.9. The Hall–Kier alpha value is -0.610. The summed E-state index contributed by atoms with van der Waals surface area (Å²) in [6.45, 7) is 3.17. The van der Waals surface area contributed by atoms with Gasteiger partial charge in [0.1, 0.15) is 0 Å². The van der Waals surface area contributed by atoms with Gasteiger partial charge in [-0.2, -0.15) is 0 Å². The summed E-state index contributed by atoms with van der Waals surface area (Å²) in [5.74, 6) is -0.833. The summed E-state index contributed by atoms with van der Waals surface area (Å²) in [6, 6.07) is 0. The summed E-state index contributed by atoms with van der Waals surface area (Å²) < 4.78 is 0. The maximum Gasteiger partial charge on any atom is 0.300 e. The lowest BCUT2D eigenvalue weighted by molar-refractivity contribution is -0.134. The van der Waals surface area contributed by atoms with Crippen LogP contribution in [0.2, 0.25) is 0 Å². The minimum absolute atomic E-state index is 0.522. The maximum atomic E-state index is 9.00. The molecule has 0 saturated heterocycles. The molecule has 0 aliphatic carbocycles. The monoisotopic (exact) mass is 178 g/mol. The van der Waals surface area contributed by atoms with Gasteiger partial charge in [-0.25, -0.2) is 0 Å². The smallest absolute Gasteiger partial charge is 0.300 e. The van der Waals surface area contributed by atoms with Crippen LogP contribution in [0.5, 0.6) is 0 Å². The van der Waals surface area contributed by atoms with Gasteiger partial charge in [-0.05, 0) is 12.8 Å². The third kappa shape index (κ3) is 34.3. The molecule has 0 saturated carbocycles. The topological polar surface area (TPSA) is 77.8 Å². The summed E-state index contributed by atoms with van der Waals surface area (Å²) in [4.78, 5) is 9.00. The fraction of sp³-hybridized carbons (Fsp3) is 0.875. The number of aliphatic hydroxyl groups excluding tert-OH is 1. The Balaban J connectivity index is 0. The van der Waals surface area contributed by atoms with E-state index in [4.69, 9.17) is 20.1 Å². The van der Waals surface area contributed by atoms with Gasteiger partial charge in [0.25, 0.3) is 5.97 Å². The Bertz CT molecular complexity index is 97.2. The number of carboxylic acid groups (broad SMARTS) is 1. The maximum absolute atomic E-state index is 9.00. The van der Waals surface area contributed by atoms with Crippen LogP contribution in [0, 0.1) is 0 Å². The van der Waals surface area contributed by atoms with Gasteiger partial charge in [0.2, 0.25) is 0 Å². The van der Waals surface area contributed by atoms with Crippen LogP contribution < -0.4 is 0 Å². The van der Waals surface area contributed by atoms with E-state index in [0.29, 0.717) is 6.42 Å². The van der Waals surface area contributed by atoms with E-state index in [0.717, 1.165) is 26.2 Å². The number of rotatable bonds is 4. The number of unbranched alkanes of at least 4 members (excludes halogenated alkanes) is 2. The van der Waals surface area contributed by atoms with Gasteiger partial charge in [-0.1, -0.05) is 19.8 Å². The first-order valence-electron chi connectivity index (χ1n) is 4.06. The van der Waals surface area contributed by atoms with Crippen molar-refractivity contribution in [3.8, 4) is 0 Å². The van der Waals surface area contributed by atoms with Crippen LogP contribution in [0.1, 0.15) is 39.5 Å². The number of hydrogen-bond donors (Lipinski definition) is 3. The molecule has 0 atom stereocenters. The van der Waals surface area contributed by atoms with Crippen LogP contribution in [0.3, 0.4) is 0 Å². The molecule has 74 valence electrons. The zero-order chi connectivity index (χ0) is 9.98. The van der Waals surface area contributed by atoms with Gasteiger partial charge in [0.05, 0.1) is 0 Å². The van der Waals surface area contributed by atoms with E-state index < -0.39 is 12.3 Å². The summed E-state index contributed by atoms with van der Waals surface area (Å²) in [6.07, 6.45) is 2.58. The molecule has 0 aromatic rings. The second-order valence-corrected chi connectivity index (χ2v) is 2.50. The standard InChI is InChI=1S/C6H14O2.C2H4O2/c1-2-3-4-5-6(7)8;1-2(3)4/h6-8H,2-5H2,1H3;1H3,(H,3,4). The van der Waals surface area contributed by atoms with E-state index in [1.165, 1.54) is 0 Å². The van der Waals surface area contributed by atoms with Gasteiger partial charge < -0.3 is 15.3 Å². The van der Waals surface area contributed by atoms with E-state index >= 15 is 0 Å². The summed E-state index contributed by atoms with van der Waals surface area (Å²) in [5, 5.41) is 24.1. The highest BCUT2D eigenvalue weighted by Crippen LogP contribution is 1.99. The fourth-order valence-corrected chi connectivity index (χ4v) is 0.577. The average molecular weight is 178 g/mol. The van der Waals surface area contributed by atoms with Gasteiger partial charge in [-0.15, -0.1) is 0 Å². The van der Waals surface area contributed by atoms with Crippen molar-refractivity contribution < 1.29 is 20.1 Å². The van der Waals surface area contributed by atoms with E-state index in [1.54, 1.807) is 0 Å². The molecule has 0 aromatic carbocycles. The zero-order valence-electron chi connectivity index (χ0n) is 7.66. The van der Waals surface area contributed by atoms with Crippen molar-refractivity contribution in [3.05, 3.63) is 0 Å². The molecule has 0 heterocycles. The second kappa shape index (κ2) is 10.4. The highest BCUT2D eigenvalue weighted by molar-refractivity contribution is 5.62. The molecule has 0 aliphatic rings. The number of aliphatic carboxylic acids is 1. The lowest BCUT2D eigenvalue weighted by Gasteiger charge is -1.99. The van der Waals surface area contributed by atoms with Gasteiger partial charge in [-0.3, -0.25) is 4.79 Å². The van der Waals surface area contributed by atoms with Crippen molar-refractivity contribution in [1.82, 2.24) is 0 Å². The minimum atomic E-state index is -1.10. The Labute approximate surface area is 72.8 Å². The molecule has 0 bridgehead atoms. The fourth-order valence-electron chi connectivity index (χ4n) is 0.577. The predicted molar refractivity (Wildman–Crippen MR) is 45.7 cm³/mol. The van der Waals surface area contributed by atoms with Gasteiger partial charge in [0, 0.05) is 6.92 Å². The highest BCUT2D eigenvalue weighted by atomic mass is 16.5. The van der Waals surface area contributed by atoms with E-state index in [-0.39, 0.29) is 0 Å². The molecule has 0 spiro atoms. The van der Waals surface area contributed by atoms with Crippen LogP contribution in [0.4, 0.5) is 0 Å². The van der Waals surface area contributed by atoms with E-state index in [1.807, 2.05) is 0 Å². The van der Waals surface area contributed by atoms with Gasteiger partial charge in [0.15, 0.2) is 6.29 Å². The first-order chi connectivity index (χ1) is 5.50. The Morgan fingerprint density at radius 3 is 2.00 bits per heavy atom. The molecular formula is C8H18O4. The van der Waals surface area contributed by atoms with E-state index in [2.05, 4.69) is 6.92 Å². The first-order valence-corrected chi connectivity index (χ1v) is 4.06. The third-order valence-corrected chi connectivity index (χ3v) is 1.07. The molecule has 4 nitrogen and oxygen atoms in total. The molecule has 0 rings (SSSR count). The van der Waals surface area contributed by atoms with Crippen LogP contribution >= 0.6 is 0 Å². The van der Waals surface area contributed by atoms with Crippen molar-refractivity contribution in [2.45, 2.75) is 45.8 Å². The molecule has 0 aromatic heterocycles.